The van der Waals surface area contributed by atoms with E-state index in [9.17, 15) is 42.1 Å². The first kappa shape index (κ1) is 98.2. The number of rotatable bonds is 31. The van der Waals surface area contributed by atoms with Gasteiger partial charge in [0, 0.05) is 220 Å². The van der Waals surface area contributed by atoms with Crippen LogP contribution in [0.2, 0.25) is 0 Å². The monoisotopic (exact) mass is 1880 g/mol. The average molecular weight is 1890 g/mol. The number of hydrogen-bond donors (Lipinski definition) is 4. The Labute approximate surface area is 792 Å². The predicted molar refractivity (Wildman–Crippen MR) is 519 cm³/mol. The zero-order chi connectivity index (χ0) is 98.6. The molecule has 138 heavy (non-hydrogen) atoms. The highest BCUT2D eigenvalue weighted by Crippen LogP contribution is 2.42. The van der Waals surface area contributed by atoms with Gasteiger partial charge in [-0.25, -0.2) is 46.9 Å². The smallest absolute Gasteiger partial charge is 0.272 e. The molecule has 38 heteroatoms. The minimum Gasteiger partial charge on any atom is -0.497 e. The van der Waals surface area contributed by atoms with Crippen LogP contribution in [0, 0.1) is 5.82 Å². The number of anilines is 8. The second-order valence-electron chi connectivity index (χ2n) is 33.5. The molecule has 9 aromatic heterocycles. The summed E-state index contributed by atoms with van der Waals surface area (Å²) in [5, 5.41) is 50.6. The van der Waals surface area contributed by atoms with E-state index in [1.54, 1.807) is 185 Å². The van der Waals surface area contributed by atoms with Crippen molar-refractivity contribution in [2.45, 2.75) is 97.3 Å². The first-order chi connectivity index (χ1) is 66.0. The predicted octanol–water partition coefficient (Wildman–Crippen LogP) is 17.5. The summed E-state index contributed by atoms with van der Waals surface area (Å²) in [6.07, 6.45) is 21.2. The Morgan fingerprint density at radius 3 is 1.07 bits per heavy atom. The fourth-order valence-corrected chi connectivity index (χ4v) is 14.8. The molecule has 33 nitrogen and oxygen atoms in total. The number of fused-ring (bicyclic) bond motifs is 4. The van der Waals surface area contributed by atoms with Crippen LogP contribution in [0.25, 0.3) is 89.2 Å². The Kier molecular flexibility index (Phi) is 30.2. The zero-order valence-corrected chi connectivity index (χ0v) is 79.1. The fourth-order valence-electron chi connectivity index (χ4n) is 14.8. The van der Waals surface area contributed by atoms with Crippen molar-refractivity contribution in [1.29, 1.82) is 0 Å². The standard InChI is InChI=1S/C26H29F2N5O3.C26H27N7O2.C24H25F2N5O3.C24H25FN6O2/c1-16(2)33-14-17(12-30-33)24-13-29-22-7-6-18(10-23(22)31-24)32(15-25(34)26(3,27)28)19-8-20(35-4)11-21(9-19)36-5;1-5-32-9-8-27-26(32)17-33(20-10-21(34-3)13-22(11-20)35-4)19-6-7-23-24(12-19)30-25(15-28-23)18-14-29-31(2)16-18;1-24(25,26)23(32)14-31(17-7-18(33-3)10-19(8-17)34-4)16-5-6-20-21(9-16)29-22(12-27-20)15-11-28-30(2)13-15;1-24(2,33)14-31(19-8-15(23(32)26-3)7-17(25)9-19)18-5-6-20-21(10-18)29-22(12-27-20)16-11-28-30(4)13-16/h6-14,16,25,34H,15H2,1-5H3;6-16H,5,17H2,1-4H3;5-13,23,32H,14H2,1-4H3;5-13,33H,14H2,1-4H3,(H,26,32)/t;;23-;/m..1./s1. The summed E-state index contributed by atoms with van der Waals surface area (Å²) in [5.41, 5.74) is 15.7. The first-order valence-electron chi connectivity index (χ1n) is 43.7. The van der Waals surface area contributed by atoms with Gasteiger partial charge in [-0.15, -0.1) is 0 Å². The van der Waals surface area contributed by atoms with Crippen molar-refractivity contribution in [2.24, 2.45) is 21.1 Å². The van der Waals surface area contributed by atoms with Crippen molar-refractivity contribution in [3.05, 3.63) is 250 Å². The first-order valence-corrected chi connectivity index (χ1v) is 43.7. The minimum atomic E-state index is -3.30. The normalized spacial score (nSPS) is 12.0. The quantitative estimate of drug-likeness (QED) is 0.0293. The SMILES string of the molecule is CCn1ccnc1CN(c1cc(OC)cc(OC)c1)c1ccc2ncc(-c3cnn(C)c3)nc2c1.CNC(=O)c1cc(F)cc(N(CC(C)(C)O)c2ccc3ncc(-c4cnn(C)c4)nc3c2)c1.COc1cc(OC)cc(N(CC(O)C(C)(F)F)c2ccc3ncc(-c4cnn(C(C)C)c4)nc3c2)c1.COc1cc(OC)cc(N(C[C@@H](O)C(C)(F)F)c2ccc3ncc(-c4cnn(C)c4)nc3c2)c1. The molecule has 0 aliphatic rings. The van der Waals surface area contributed by atoms with E-state index in [1.807, 2.05) is 131 Å². The van der Waals surface area contributed by atoms with Gasteiger partial charge in [-0.3, -0.25) is 43.5 Å². The van der Waals surface area contributed by atoms with Gasteiger partial charge in [-0.1, -0.05) is 0 Å². The number of amides is 1. The molecule has 0 bridgehead atoms. The lowest BCUT2D eigenvalue weighted by Crippen LogP contribution is -2.40. The summed E-state index contributed by atoms with van der Waals surface area (Å²) in [6, 6.07) is 42.3. The minimum absolute atomic E-state index is 0.158. The molecule has 17 rings (SSSR count). The summed E-state index contributed by atoms with van der Waals surface area (Å²) >= 11 is 0. The number of nitrogens with zero attached hydrogens (tertiary/aromatic N) is 22. The largest absolute Gasteiger partial charge is 0.497 e. The molecule has 716 valence electrons. The van der Waals surface area contributed by atoms with Crippen LogP contribution in [-0.2, 0) is 34.2 Å². The molecule has 0 spiro atoms. The molecule has 0 aliphatic heterocycles. The number of hydrogen-bond acceptors (Lipinski definition) is 27. The number of aromatic nitrogens is 18. The number of aliphatic hydroxyl groups is 3. The molecule has 1 unspecified atom stereocenters. The number of alkyl halides is 4. The molecule has 2 atom stereocenters. The Hall–Kier alpha value is -15.8. The number of aryl methyl sites for hydroxylation is 4. The van der Waals surface area contributed by atoms with Gasteiger partial charge in [-0.2, -0.15) is 20.4 Å². The zero-order valence-electron chi connectivity index (χ0n) is 79.1. The molecular formula is C100H106F5N23O10. The maximum Gasteiger partial charge on any atom is 0.272 e. The number of aliphatic hydroxyl groups excluding tert-OH is 2. The molecule has 4 N–H and O–H groups in total. The maximum absolute atomic E-state index is 14.4. The Morgan fingerprint density at radius 1 is 0.420 bits per heavy atom. The Morgan fingerprint density at radius 2 is 0.754 bits per heavy atom. The average Bonchev–Trinajstić information content (AvgIpc) is 1.39. The van der Waals surface area contributed by atoms with Gasteiger partial charge in [0.15, 0.2) is 0 Å². The van der Waals surface area contributed by atoms with E-state index >= 15 is 0 Å². The number of carbonyl (C=O) groups is 1. The van der Waals surface area contributed by atoms with Crippen LogP contribution in [0.4, 0.5) is 67.5 Å². The van der Waals surface area contributed by atoms with Gasteiger partial charge in [0.25, 0.3) is 17.8 Å². The highest BCUT2D eigenvalue weighted by molar-refractivity contribution is 5.96. The highest BCUT2D eigenvalue weighted by atomic mass is 19.3. The fraction of sp³-hybridized carbons (Fsp3) is 0.280. The van der Waals surface area contributed by atoms with E-state index in [1.165, 1.54) is 47.6 Å². The van der Waals surface area contributed by atoms with Crippen molar-refractivity contribution < 1.29 is 70.5 Å². The van der Waals surface area contributed by atoms with Gasteiger partial charge in [0.2, 0.25) is 0 Å². The van der Waals surface area contributed by atoms with Crippen molar-refractivity contribution >= 4 is 95.5 Å². The number of carbonyl (C=O) groups excluding carboxylic acids is 1. The second kappa shape index (κ2) is 42.4. The van der Waals surface area contributed by atoms with Crippen molar-refractivity contribution in [1.82, 2.24) is 93.9 Å². The van der Waals surface area contributed by atoms with Crippen molar-refractivity contribution in [3.63, 3.8) is 0 Å². The van der Waals surface area contributed by atoms with Crippen LogP contribution in [0.5, 0.6) is 34.5 Å². The summed E-state index contributed by atoms with van der Waals surface area (Å²) in [4.78, 5) is 61.0. The third-order valence-corrected chi connectivity index (χ3v) is 22.3. The number of methoxy groups -OCH3 is 6. The third kappa shape index (κ3) is 23.9. The van der Waals surface area contributed by atoms with E-state index in [0.29, 0.717) is 139 Å². The molecule has 1 amide bonds. The van der Waals surface area contributed by atoms with E-state index in [2.05, 4.69) is 72.0 Å². The number of halogens is 5. The Bertz CT molecular complexity index is 7070. The highest BCUT2D eigenvalue weighted by Gasteiger charge is 2.37. The Balaban J connectivity index is 0.000000147. The third-order valence-electron chi connectivity index (χ3n) is 22.3. The summed E-state index contributed by atoms with van der Waals surface area (Å²) in [5.74, 6) is -3.25. The molecule has 0 radical (unpaired) electrons. The molecule has 17 aromatic rings. The van der Waals surface area contributed by atoms with Gasteiger partial charge in [-0.05, 0) is 126 Å². The number of imidazole rings is 1. The van der Waals surface area contributed by atoms with Crippen LogP contribution in [-0.4, -0.2) is 209 Å². The lowest BCUT2D eigenvalue weighted by Gasteiger charge is -2.31. The van der Waals surface area contributed by atoms with Crippen molar-refractivity contribution in [3.8, 4) is 79.5 Å². The number of benzene rings is 8. The lowest BCUT2D eigenvalue weighted by atomic mass is 10.1. The molecule has 0 saturated carbocycles. The van der Waals surface area contributed by atoms with E-state index in [4.69, 9.17) is 43.4 Å². The van der Waals surface area contributed by atoms with E-state index in [-0.39, 0.29) is 31.2 Å². The molecule has 0 saturated heterocycles. The van der Waals surface area contributed by atoms with Gasteiger partial charge in [0.1, 0.15) is 58.3 Å². The molecule has 0 fully saturated rings. The van der Waals surface area contributed by atoms with Crippen LogP contribution in [0.1, 0.15) is 70.7 Å². The summed E-state index contributed by atoms with van der Waals surface area (Å²) < 4.78 is 112. The van der Waals surface area contributed by atoms with E-state index < -0.39 is 41.4 Å². The molecule has 0 aliphatic carbocycles. The summed E-state index contributed by atoms with van der Waals surface area (Å²) in [6.45, 7) is 11.7. The van der Waals surface area contributed by atoms with E-state index in [0.717, 1.165) is 62.7 Å². The summed E-state index contributed by atoms with van der Waals surface area (Å²) in [7, 11) is 16.3. The topological polar surface area (TPSA) is 350 Å². The maximum atomic E-state index is 14.4. The van der Waals surface area contributed by atoms with Gasteiger partial charge in [0.05, 0.1) is 191 Å². The van der Waals surface area contributed by atoms with Crippen LogP contribution >= 0.6 is 0 Å². The van der Waals surface area contributed by atoms with Crippen LogP contribution in [0.15, 0.2) is 232 Å². The van der Waals surface area contributed by atoms with Gasteiger partial charge >= 0.3 is 0 Å². The lowest BCUT2D eigenvalue weighted by molar-refractivity contribution is -0.0879. The van der Waals surface area contributed by atoms with Crippen molar-refractivity contribution in [2.75, 3.05) is 88.9 Å². The molecular weight excluding hydrogens is 1780 g/mol. The van der Waals surface area contributed by atoms with Gasteiger partial charge < -0.3 is 73.2 Å². The number of nitrogens with one attached hydrogen (secondary N) is 1. The second-order valence-corrected chi connectivity index (χ2v) is 33.5. The van der Waals surface area contributed by atoms with Crippen LogP contribution < -0.4 is 53.3 Å². The van der Waals surface area contributed by atoms with Crippen LogP contribution in [0.3, 0.4) is 0 Å². The molecule has 8 aromatic carbocycles. The molecule has 9 heterocycles. The number of ether oxygens (including phenoxy) is 6.